The van der Waals surface area contributed by atoms with Gasteiger partial charge in [0.15, 0.2) is 0 Å². The molecule has 0 saturated carbocycles. The predicted octanol–water partition coefficient (Wildman–Crippen LogP) is 2.83. The highest BCUT2D eigenvalue weighted by molar-refractivity contribution is 5.87. The Hall–Kier alpha value is -2.24. The van der Waals surface area contributed by atoms with E-state index in [0.717, 1.165) is 11.1 Å². The third-order valence-corrected chi connectivity index (χ3v) is 4.22. The van der Waals surface area contributed by atoms with E-state index in [1.54, 1.807) is 36.4 Å². The van der Waals surface area contributed by atoms with Gasteiger partial charge in [-0.25, -0.2) is 9.18 Å². The Balaban J connectivity index is 1.77. The summed E-state index contributed by atoms with van der Waals surface area (Å²) >= 11 is 0. The molecule has 0 spiro atoms. The SMILES string of the molecule is O=C(O)c1ccc(CN2CC(O)CC2c2ccc(F)cc2)cc1. The molecule has 2 aromatic carbocycles. The van der Waals surface area contributed by atoms with Gasteiger partial charge in [-0.2, -0.15) is 0 Å². The lowest BCUT2D eigenvalue weighted by molar-refractivity contribution is 0.0697. The molecule has 1 aliphatic rings. The van der Waals surface area contributed by atoms with Crippen molar-refractivity contribution in [1.29, 1.82) is 0 Å². The number of hydrogen-bond acceptors (Lipinski definition) is 3. The third-order valence-electron chi connectivity index (χ3n) is 4.22. The molecule has 0 amide bonds. The summed E-state index contributed by atoms with van der Waals surface area (Å²) in [6.45, 7) is 1.15. The summed E-state index contributed by atoms with van der Waals surface area (Å²) in [6, 6.07) is 13.1. The van der Waals surface area contributed by atoms with Crippen LogP contribution in [0.2, 0.25) is 0 Å². The minimum absolute atomic E-state index is 0.0322. The number of nitrogens with zero attached hydrogens (tertiary/aromatic N) is 1. The number of aliphatic hydroxyl groups excluding tert-OH is 1. The summed E-state index contributed by atoms with van der Waals surface area (Å²) < 4.78 is 13.1. The fourth-order valence-electron chi connectivity index (χ4n) is 3.07. The van der Waals surface area contributed by atoms with Crippen LogP contribution in [0.3, 0.4) is 0 Å². The highest BCUT2D eigenvalue weighted by Crippen LogP contribution is 2.33. The van der Waals surface area contributed by atoms with E-state index in [2.05, 4.69) is 4.90 Å². The molecular weight excluding hydrogens is 297 g/mol. The lowest BCUT2D eigenvalue weighted by Gasteiger charge is -2.24. The Kier molecular flexibility index (Phi) is 4.41. The maximum absolute atomic E-state index is 13.1. The lowest BCUT2D eigenvalue weighted by atomic mass is 10.0. The number of likely N-dealkylation sites (tertiary alicyclic amines) is 1. The van der Waals surface area contributed by atoms with Crippen LogP contribution in [-0.2, 0) is 6.54 Å². The summed E-state index contributed by atoms with van der Waals surface area (Å²) in [5.74, 6) is -1.22. The first-order chi connectivity index (χ1) is 11.0. The quantitative estimate of drug-likeness (QED) is 0.911. The number of rotatable bonds is 4. The van der Waals surface area contributed by atoms with Crippen LogP contribution in [0.15, 0.2) is 48.5 Å². The first-order valence-electron chi connectivity index (χ1n) is 7.53. The average Bonchev–Trinajstić information content (AvgIpc) is 2.89. The van der Waals surface area contributed by atoms with Crippen molar-refractivity contribution in [2.24, 2.45) is 0 Å². The van der Waals surface area contributed by atoms with Gasteiger partial charge in [-0.15, -0.1) is 0 Å². The van der Waals surface area contributed by atoms with E-state index < -0.39 is 12.1 Å². The minimum Gasteiger partial charge on any atom is -0.478 e. The second-order valence-corrected chi connectivity index (χ2v) is 5.89. The molecule has 3 rings (SSSR count). The van der Waals surface area contributed by atoms with Crippen LogP contribution in [0.1, 0.15) is 33.9 Å². The van der Waals surface area contributed by atoms with Gasteiger partial charge < -0.3 is 10.2 Å². The van der Waals surface area contributed by atoms with Crippen molar-refractivity contribution in [2.45, 2.75) is 25.1 Å². The Morgan fingerprint density at radius 1 is 1.13 bits per heavy atom. The van der Waals surface area contributed by atoms with E-state index in [9.17, 15) is 14.3 Å². The van der Waals surface area contributed by atoms with Gasteiger partial charge in [0.1, 0.15) is 5.82 Å². The van der Waals surface area contributed by atoms with Gasteiger partial charge in [-0.3, -0.25) is 4.90 Å². The molecule has 0 radical (unpaired) electrons. The molecule has 1 saturated heterocycles. The zero-order chi connectivity index (χ0) is 16.4. The fourth-order valence-corrected chi connectivity index (χ4v) is 3.07. The van der Waals surface area contributed by atoms with Gasteiger partial charge in [0.2, 0.25) is 0 Å². The molecule has 4 nitrogen and oxygen atoms in total. The van der Waals surface area contributed by atoms with E-state index in [-0.39, 0.29) is 17.4 Å². The first kappa shape index (κ1) is 15.6. The molecule has 2 N–H and O–H groups in total. The largest absolute Gasteiger partial charge is 0.478 e. The van der Waals surface area contributed by atoms with Crippen molar-refractivity contribution in [1.82, 2.24) is 4.90 Å². The summed E-state index contributed by atoms with van der Waals surface area (Å²) in [7, 11) is 0. The van der Waals surface area contributed by atoms with Crippen molar-refractivity contribution in [3.05, 3.63) is 71.0 Å². The molecule has 2 unspecified atom stereocenters. The maximum Gasteiger partial charge on any atom is 0.335 e. The van der Waals surface area contributed by atoms with Crippen LogP contribution in [0, 0.1) is 5.82 Å². The van der Waals surface area contributed by atoms with Gasteiger partial charge >= 0.3 is 5.97 Å². The minimum atomic E-state index is -0.947. The van der Waals surface area contributed by atoms with Crippen LogP contribution in [0.25, 0.3) is 0 Å². The Morgan fingerprint density at radius 3 is 2.39 bits per heavy atom. The molecule has 1 heterocycles. The molecule has 0 aromatic heterocycles. The van der Waals surface area contributed by atoms with Gasteiger partial charge in [0, 0.05) is 19.1 Å². The van der Waals surface area contributed by atoms with Gasteiger partial charge in [0.25, 0.3) is 0 Å². The van der Waals surface area contributed by atoms with Gasteiger partial charge in [-0.05, 0) is 41.8 Å². The Morgan fingerprint density at radius 2 is 1.78 bits per heavy atom. The van der Waals surface area contributed by atoms with Gasteiger partial charge in [-0.1, -0.05) is 24.3 Å². The number of hydrogen-bond donors (Lipinski definition) is 2. The Labute approximate surface area is 133 Å². The van der Waals surface area contributed by atoms with Crippen molar-refractivity contribution < 1.29 is 19.4 Å². The normalized spacial score (nSPS) is 21.5. The van der Waals surface area contributed by atoms with Crippen molar-refractivity contribution in [3.8, 4) is 0 Å². The topological polar surface area (TPSA) is 60.8 Å². The number of benzene rings is 2. The second-order valence-electron chi connectivity index (χ2n) is 5.89. The van der Waals surface area contributed by atoms with Crippen molar-refractivity contribution >= 4 is 5.97 Å². The number of carbonyl (C=O) groups is 1. The smallest absolute Gasteiger partial charge is 0.335 e. The molecular formula is C18H18FNO3. The zero-order valence-corrected chi connectivity index (χ0v) is 12.5. The van der Waals surface area contributed by atoms with Crippen LogP contribution < -0.4 is 0 Å². The highest BCUT2D eigenvalue weighted by Gasteiger charge is 2.31. The van der Waals surface area contributed by atoms with E-state index in [4.69, 9.17) is 5.11 Å². The van der Waals surface area contributed by atoms with Gasteiger partial charge in [0.05, 0.1) is 11.7 Å². The number of carboxylic acid groups (broad SMARTS) is 1. The summed E-state index contributed by atoms with van der Waals surface area (Å²) in [4.78, 5) is 13.0. The van der Waals surface area contributed by atoms with E-state index >= 15 is 0 Å². The average molecular weight is 315 g/mol. The monoisotopic (exact) mass is 315 g/mol. The molecule has 0 bridgehead atoms. The molecule has 5 heteroatoms. The first-order valence-corrected chi connectivity index (χ1v) is 7.53. The van der Waals surface area contributed by atoms with E-state index in [1.807, 2.05) is 0 Å². The standard InChI is InChI=1S/C18H18FNO3/c19-15-7-5-13(6-8-15)17-9-16(21)11-20(17)10-12-1-3-14(4-2-12)18(22)23/h1-8,16-17,21H,9-11H2,(H,22,23). The molecule has 0 aliphatic carbocycles. The van der Waals surface area contributed by atoms with Crippen LogP contribution in [0.5, 0.6) is 0 Å². The van der Waals surface area contributed by atoms with Crippen LogP contribution in [-0.4, -0.2) is 33.7 Å². The predicted molar refractivity (Wildman–Crippen MR) is 83.6 cm³/mol. The number of aromatic carboxylic acids is 1. The van der Waals surface area contributed by atoms with E-state index in [0.29, 0.717) is 19.5 Å². The lowest BCUT2D eigenvalue weighted by Crippen LogP contribution is -2.24. The van der Waals surface area contributed by atoms with Crippen LogP contribution >= 0.6 is 0 Å². The van der Waals surface area contributed by atoms with Crippen LogP contribution in [0.4, 0.5) is 4.39 Å². The molecule has 2 atom stereocenters. The maximum atomic E-state index is 13.1. The molecule has 23 heavy (non-hydrogen) atoms. The van der Waals surface area contributed by atoms with E-state index in [1.165, 1.54) is 12.1 Å². The second kappa shape index (κ2) is 6.48. The summed E-state index contributed by atoms with van der Waals surface area (Å²) in [5, 5.41) is 18.9. The molecule has 1 fully saturated rings. The number of halogens is 1. The molecule has 1 aliphatic heterocycles. The molecule has 120 valence electrons. The van der Waals surface area contributed by atoms with Crippen molar-refractivity contribution in [3.63, 3.8) is 0 Å². The highest BCUT2D eigenvalue weighted by atomic mass is 19.1. The number of β-amino-alcohol motifs (C(OH)–C–C–N with tert-alkyl or cyclic N) is 1. The summed E-state index contributed by atoms with van der Waals surface area (Å²) in [5.41, 5.74) is 2.21. The Bertz CT molecular complexity index is 684. The third kappa shape index (κ3) is 3.57. The molecule has 2 aromatic rings. The van der Waals surface area contributed by atoms with Crippen molar-refractivity contribution in [2.75, 3.05) is 6.54 Å². The number of carboxylic acids is 1. The summed E-state index contributed by atoms with van der Waals surface area (Å²) in [6.07, 6.45) is 0.196. The zero-order valence-electron chi connectivity index (χ0n) is 12.5. The fraction of sp³-hybridized carbons (Fsp3) is 0.278. The number of aliphatic hydroxyl groups is 1.